The molecule has 1 atom stereocenters. The van der Waals surface area contributed by atoms with Crippen molar-refractivity contribution in [2.24, 2.45) is 10.9 Å². The number of hydrogen-bond donors (Lipinski definition) is 0. The Morgan fingerprint density at radius 3 is 2.32 bits per heavy atom. The Kier molecular flexibility index (Phi) is 8.42. The molecule has 0 fully saturated rings. The minimum Gasteiger partial charge on any atom is -0.464 e. The van der Waals surface area contributed by atoms with E-state index in [1.165, 1.54) is 18.0 Å². The van der Waals surface area contributed by atoms with Crippen LogP contribution in [-0.4, -0.2) is 54.9 Å². The van der Waals surface area contributed by atoms with Crippen LogP contribution in [0, 0.1) is 5.92 Å². The summed E-state index contributed by atoms with van der Waals surface area (Å²) in [6.07, 6.45) is 0.945. The third kappa shape index (κ3) is 8.42. The van der Waals surface area contributed by atoms with Crippen LogP contribution in [0.5, 0.6) is 0 Å². The van der Waals surface area contributed by atoms with Gasteiger partial charge in [0.1, 0.15) is 11.6 Å². The largest absolute Gasteiger partial charge is 0.464 e. The minimum absolute atomic E-state index is 0.0814. The molecule has 7 heteroatoms. The maximum Gasteiger partial charge on any atom is 0.410 e. The van der Waals surface area contributed by atoms with Gasteiger partial charge < -0.3 is 9.47 Å². The number of carbonyl (C=O) groups excluding carboxylic acids is 3. The molecule has 0 rings (SSSR count). The van der Waals surface area contributed by atoms with Gasteiger partial charge in [-0.05, 0) is 33.1 Å². The van der Waals surface area contributed by atoms with Gasteiger partial charge >= 0.3 is 12.1 Å². The first kappa shape index (κ1) is 20.1. The molecular formula is C15H26N2O5. The molecule has 0 aromatic rings. The highest BCUT2D eigenvalue weighted by molar-refractivity contribution is 5.81. The number of likely N-dealkylation sites (N-methyl/N-ethyl adjacent to an activating group) is 1. The number of isocyanates is 1. The van der Waals surface area contributed by atoms with Crippen molar-refractivity contribution in [1.29, 1.82) is 0 Å². The Labute approximate surface area is 131 Å². The van der Waals surface area contributed by atoms with Gasteiger partial charge in [0.05, 0.1) is 13.2 Å². The molecule has 0 aliphatic rings. The molecule has 1 amide bonds. The van der Waals surface area contributed by atoms with Gasteiger partial charge in [0.2, 0.25) is 6.08 Å². The van der Waals surface area contributed by atoms with Gasteiger partial charge in [-0.3, -0.25) is 4.90 Å². The molecular weight excluding hydrogens is 288 g/mol. The standard InChI is InChI=1S/C15H26N2O5/c1-11(2)9-21-13(19)12(7-8-16-10-18)17(6)14(20)22-15(3,4)5/h11-12H,7-9H2,1-6H3/t12-/m0/s1. The van der Waals surface area contributed by atoms with E-state index in [0.29, 0.717) is 0 Å². The van der Waals surface area contributed by atoms with Gasteiger partial charge in [0.25, 0.3) is 0 Å². The molecule has 0 heterocycles. The zero-order valence-corrected chi connectivity index (χ0v) is 14.2. The van der Waals surface area contributed by atoms with E-state index < -0.39 is 23.7 Å². The predicted octanol–water partition coefficient (Wildman–Crippen LogP) is 2.15. The Balaban J connectivity index is 4.91. The first-order chi connectivity index (χ1) is 10.1. The maximum absolute atomic E-state index is 12.1. The third-order valence-corrected chi connectivity index (χ3v) is 2.56. The molecule has 7 nitrogen and oxygen atoms in total. The zero-order chi connectivity index (χ0) is 17.3. The third-order valence-electron chi connectivity index (χ3n) is 2.56. The Hall–Kier alpha value is -1.88. The molecule has 0 N–H and O–H groups in total. The quantitative estimate of drug-likeness (QED) is 0.408. The van der Waals surface area contributed by atoms with E-state index in [-0.39, 0.29) is 25.5 Å². The van der Waals surface area contributed by atoms with Crippen LogP contribution in [0.25, 0.3) is 0 Å². The van der Waals surface area contributed by atoms with Crippen LogP contribution in [0.3, 0.4) is 0 Å². The lowest BCUT2D eigenvalue weighted by Gasteiger charge is -2.29. The van der Waals surface area contributed by atoms with Gasteiger partial charge in [-0.2, -0.15) is 0 Å². The molecule has 126 valence electrons. The van der Waals surface area contributed by atoms with Crippen molar-refractivity contribution in [3.05, 3.63) is 0 Å². The van der Waals surface area contributed by atoms with Crippen molar-refractivity contribution < 1.29 is 23.9 Å². The monoisotopic (exact) mass is 314 g/mol. The minimum atomic E-state index is -0.856. The lowest BCUT2D eigenvalue weighted by atomic mass is 10.2. The molecule has 0 radical (unpaired) electrons. The Morgan fingerprint density at radius 2 is 1.86 bits per heavy atom. The van der Waals surface area contributed by atoms with Crippen molar-refractivity contribution in [2.45, 2.75) is 52.7 Å². The summed E-state index contributed by atoms with van der Waals surface area (Å²) in [6, 6.07) is -0.856. The van der Waals surface area contributed by atoms with E-state index in [2.05, 4.69) is 4.99 Å². The van der Waals surface area contributed by atoms with Crippen LogP contribution < -0.4 is 0 Å². The fourth-order valence-electron chi connectivity index (χ4n) is 1.51. The Morgan fingerprint density at radius 1 is 1.27 bits per heavy atom. The summed E-state index contributed by atoms with van der Waals surface area (Å²) in [4.78, 5) is 38.9. The van der Waals surface area contributed by atoms with Crippen LogP contribution in [0.1, 0.15) is 41.0 Å². The predicted molar refractivity (Wildman–Crippen MR) is 81.2 cm³/mol. The molecule has 0 spiro atoms. The second-order valence-corrected chi connectivity index (χ2v) is 6.39. The fourth-order valence-corrected chi connectivity index (χ4v) is 1.51. The number of amides is 1. The summed E-state index contributed by atoms with van der Waals surface area (Å²) in [5.41, 5.74) is -0.668. The number of carbonyl (C=O) groups is 2. The number of esters is 1. The first-order valence-corrected chi connectivity index (χ1v) is 7.24. The number of rotatable bonds is 7. The second kappa shape index (κ2) is 9.20. The summed E-state index contributed by atoms with van der Waals surface area (Å²) in [7, 11) is 1.46. The molecule has 0 saturated carbocycles. The highest BCUT2D eigenvalue weighted by atomic mass is 16.6. The fraction of sp³-hybridized carbons (Fsp3) is 0.800. The summed E-state index contributed by atoms with van der Waals surface area (Å²) in [5, 5.41) is 0. The average Bonchev–Trinajstić information content (AvgIpc) is 2.38. The van der Waals surface area contributed by atoms with Crippen molar-refractivity contribution in [3.63, 3.8) is 0 Å². The van der Waals surface area contributed by atoms with E-state index >= 15 is 0 Å². The smallest absolute Gasteiger partial charge is 0.410 e. The summed E-state index contributed by atoms with van der Waals surface area (Å²) >= 11 is 0. The van der Waals surface area contributed by atoms with Gasteiger partial charge in [-0.15, -0.1) is 0 Å². The van der Waals surface area contributed by atoms with Gasteiger partial charge in [0, 0.05) is 7.05 Å². The van der Waals surface area contributed by atoms with E-state index in [0.717, 1.165) is 0 Å². The number of ether oxygens (including phenoxy) is 2. The van der Waals surface area contributed by atoms with Crippen LogP contribution in [0.15, 0.2) is 4.99 Å². The molecule has 22 heavy (non-hydrogen) atoms. The van der Waals surface area contributed by atoms with Gasteiger partial charge in [-0.1, -0.05) is 13.8 Å². The molecule has 0 saturated heterocycles. The van der Waals surface area contributed by atoms with Crippen LogP contribution in [0.4, 0.5) is 4.79 Å². The molecule has 0 aromatic carbocycles. The summed E-state index contributed by atoms with van der Waals surface area (Å²) in [5.74, 6) is -0.354. The first-order valence-electron chi connectivity index (χ1n) is 7.24. The molecule has 0 aromatic heterocycles. The van der Waals surface area contributed by atoms with Gasteiger partial charge in [0.15, 0.2) is 0 Å². The van der Waals surface area contributed by atoms with E-state index in [9.17, 15) is 14.4 Å². The van der Waals surface area contributed by atoms with Crippen LogP contribution in [0.2, 0.25) is 0 Å². The number of hydrogen-bond acceptors (Lipinski definition) is 6. The summed E-state index contributed by atoms with van der Waals surface area (Å²) < 4.78 is 10.4. The normalized spacial score (nSPS) is 12.3. The van der Waals surface area contributed by atoms with Crippen LogP contribution >= 0.6 is 0 Å². The average molecular weight is 314 g/mol. The van der Waals surface area contributed by atoms with Crippen molar-refractivity contribution in [1.82, 2.24) is 4.90 Å². The van der Waals surface area contributed by atoms with E-state index in [1.54, 1.807) is 20.8 Å². The maximum atomic E-state index is 12.1. The summed E-state index contributed by atoms with van der Waals surface area (Å²) in [6.45, 7) is 9.38. The highest BCUT2D eigenvalue weighted by Crippen LogP contribution is 2.13. The lowest BCUT2D eigenvalue weighted by molar-refractivity contribution is -0.150. The number of nitrogens with zero attached hydrogens (tertiary/aromatic N) is 2. The topological polar surface area (TPSA) is 85.3 Å². The van der Waals surface area contributed by atoms with E-state index in [4.69, 9.17) is 9.47 Å². The number of aliphatic imine (C=N–C) groups is 1. The molecule has 0 unspecified atom stereocenters. The molecule has 0 aliphatic heterocycles. The Bertz CT molecular complexity index is 422. The van der Waals surface area contributed by atoms with Crippen molar-refractivity contribution in [3.8, 4) is 0 Å². The van der Waals surface area contributed by atoms with Crippen molar-refractivity contribution in [2.75, 3.05) is 20.2 Å². The van der Waals surface area contributed by atoms with Crippen molar-refractivity contribution >= 4 is 18.1 Å². The van der Waals surface area contributed by atoms with E-state index in [1.807, 2.05) is 13.8 Å². The SMILES string of the molecule is CC(C)COC(=O)[C@H](CCN=C=O)N(C)C(=O)OC(C)(C)C. The molecule has 0 bridgehead atoms. The zero-order valence-electron chi connectivity index (χ0n) is 14.2. The van der Waals surface area contributed by atoms with Gasteiger partial charge in [-0.25, -0.2) is 19.4 Å². The molecule has 0 aliphatic carbocycles. The second-order valence-electron chi connectivity index (χ2n) is 6.39. The highest BCUT2D eigenvalue weighted by Gasteiger charge is 2.31. The van der Waals surface area contributed by atoms with Crippen LogP contribution in [-0.2, 0) is 19.1 Å². The lowest BCUT2D eigenvalue weighted by Crippen LogP contribution is -2.46.